The van der Waals surface area contributed by atoms with Crippen LogP contribution >= 0.6 is 11.8 Å². The lowest BCUT2D eigenvalue weighted by Crippen LogP contribution is -2.31. The van der Waals surface area contributed by atoms with E-state index in [0.717, 1.165) is 69.9 Å². The number of hydrogen-bond donors (Lipinski definition) is 1. The van der Waals surface area contributed by atoms with Gasteiger partial charge in [-0.25, -0.2) is 4.98 Å². The number of methoxy groups -OCH3 is 2. The lowest BCUT2D eigenvalue weighted by Gasteiger charge is -2.15. The van der Waals surface area contributed by atoms with Crippen LogP contribution in [0, 0.1) is 0 Å². The van der Waals surface area contributed by atoms with E-state index in [9.17, 15) is 4.79 Å². The molecular weight excluding hydrogens is 506 g/mol. The fourth-order valence-electron chi connectivity index (χ4n) is 4.66. The minimum absolute atomic E-state index is 0.0686. The number of nitrogens with zero attached hydrogens (tertiary/aromatic N) is 2. The van der Waals surface area contributed by atoms with Crippen LogP contribution in [0.3, 0.4) is 0 Å². The quantitative estimate of drug-likeness (QED) is 0.145. The van der Waals surface area contributed by atoms with Crippen molar-refractivity contribution in [3.8, 4) is 34.0 Å². The van der Waals surface area contributed by atoms with Crippen LogP contribution in [0.25, 0.3) is 22.5 Å². The average Bonchev–Trinajstić information content (AvgIpc) is 3.34. The Morgan fingerprint density at radius 2 is 1.51 bits per heavy atom. The van der Waals surface area contributed by atoms with Crippen LogP contribution in [0.4, 0.5) is 0 Å². The molecule has 6 nitrogen and oxygen atoms in total. The molecule has 1 unspecified atom stereocenters. The summed E-state index contributed by atoms with van der Waals surface area (Å²) in [5.74, 6) is 2.28. The molecule has 1 heterocycles. The normalized spacial score (nSPS) is 11.7. The highest BCUT2D eigenvalue weighted by Gasteiger charge is 2.21. The number of carbonyl (C=O) groups excluding carboxylic acids is 1. The van der Waals surface area contributed by atoms with E-state index in [0.29, 0.717) is 6.54 Å². The first-order valence-corrected chi connectivity index (χ1v) is 14.4. The highest BCUT2D eigenvalue weighted by molar-refractivity contribution is 7.99. The standard InChI is InChI=1S/C32H37N3O3S/c1-5-21-35-30(25-14-18-27(38-4)19-15-25)29(24-12-16-26(37-3)17-13-24)34-32(35)39-22-20-33-31(36)28(6-2)23-10-8-7-9-11-23/h7-19,28H,5-6,20-22H2,1-4H3,(H,33,36). The second-order valence-electron chi connectivity index (χ2n) is 9.21. The van der Waals surface area contributed by atoms with Crippen LogP contribution in [0.2, 0.25) is 0 Å². The van der Waals surface area contributed by atoms with Gasteiger partial charge in [0.15, 0.2) is 5.16 Å². The molecule has 1 aromatic heterocycles. The van der Waals surface area contributed by atoms with Gasteiger partial charge < -0.3 is 19.4 Å². The van der Waals surface area contributed by atoms with Gasteiger partial charge in [-0.05, 0) is 66.9 Å². The molecule has 1 atom stereocenters. The molecule has 1 N–H and O–H groups in total. The molecule has 0 aliphatic carbocycles. The third kappa shape index (κ3) is 6.84. The minimum Gasteiger partial charge on any atom is -0.497 e. The number of carbonyl (C=O) groups is 1. The summed E-state index contributed by atoms with van der Waals surface area (Å²) in [5, 5.41) is 4.08. The molecule has 0 fully saturated rings. The van der Waals surface area contributed by atoms with E-state index in [-0.39, 0.29) is 11.8 Å². The van der Waals surface area contributed by atoms with Gasteiger partial charge in [-0.1, -0.05) is 55.9 Å². The molecule has 4 aromatic rings. The summed E-state index contributed by atoms with van der Waals surface area (Å²) < 4.78 is 13.1. The molecule has 39 heavy (non-hydrogen) atoms. The number of nitrogens with one attached hydrogen (secondary N) is 1. The number of amides is 1. The molecule has 0 radical (unpaired) electrons. The molecule has 7 heteroatoms. The van der Waals surface area contributed by atoms with E-state index in [1.807, 2.05) is 66.7 Å². The van der Waals surface area contributed by atoms with Gasteiger partial charge in [0.2, 0.25) is 5.91 Å². The number of aromatic nitrogens is 2. The second-order valence-corrected chi connectivity index (χ2v) is 10.3. The van der Waals surface area contributed by atoms with Crippen molar-refractivity contribution in [1.82, 2.24) is 14.9 Å². The maximum atomic E-state index is 12.9. The molecular formula is C32H37N3O3S. The van der Waals surface area contributed by atoms with Gasteiger partial charge in [-0.2, -0.15) is 0 Å². The fourth-order valence-corrected chi connectivity index (χ4v) is 5.54. The number of imidazole rings is 1. The van der Waals surface area contributed by atoms with Crippen molar-refractivity contribution in [2.75, 3.05) is 26.5 Å². The Kier molecular flexibility index (Phi) is 10.1. The van der Waals surface area contributed by atoms with Crippen molar-refractivity contribution in [2.24, 2.45) is 0 Å². The third-order valence-corrected chi connectivity index (χ3v) is 7.64. The Bertz CT molecular complexity index is 1340. The topological polar surface area (TPSA) is 65.4 Å². The van der Waals surface area contributed by atoms with Crippen LogP contribution < -0.4 is 14.8 Å². The summed E-state index contributed by atoms with van der Waals surface area (Å²) in [4.78, 5) is 18.1. The minimum atomic E-state index is -0.137. The Hall–Kier alpha value is -3.71. The van der Waals surface area contributed by atoms with E-state index < -0.39 is 0 Å². The smallest absolute Gasteiger partial charge is 0.227 e. The molecule has 4 rings (SSSR count). The van der Waals surface area contributed by atoms with Crippen molar-refractivity contribution in [2.45, 2.75) is 44.3 Å². The number of hydrogen-bond acceptors (Lipinski definition) is 5. The molecule has 0 bridgehead atoms. The summed E-state index contributed by atoms with van der Waals surface area (Å²) in [5.41, 5.74) is 5.16. The molecule has 204 valence electrons. The van der Waals surface area contributed by atoms with E-state index in [2.05, 4.69) is 35.9 Å². The molecule has 0 saturated carbocycles. The zero-order valence-corrected chi connectivity index (χ0v) is 24.0. The van der Waals surface area contributed by atoms with Gasteiger partial charge >= 0.3 is 0 Å². The lowest BCUT2D eigenvalue weighted by molar-refractivity contribution is -0.122. The Morgan fingerprint density at radius 3 is 2.08 bits per heavy atom. The fraction of sp³-hybridized carbons (Fsp3) is 0.312. The molecule has 0 aliphatic rings. The first-order valence-electron chi connectivity index (χ1n) is 13.4. The van der Waals surface area contributed by atoms with Crippen molar-refractivity contribution in [3.63, 3.8) is 0 Å². The largest absolute Gasteiger partial charge is 0.497 e. The lowest BCUT2D eigenvalue weighted by atomic mass is 9.96. The second kappa shape index (κ2) is 13.9. The molecule has 3 aromatic carbocycles. The zero-order valence-electron chi connectivity index (χ0n) is 23.1. The zero-order chi connectivity index (χ0) is 27.6. The van der Waals surface area contributed by atoms with Gasteiger partial charge in [0.05, 0.1) is 31.5 Å². The van der Waals surface area contributed by atoms with Crippen LogP contribution in [0.5, 0.6) is 11.5 Å². The Labute approximate surface area is 235 Å². The molecule has 1 amide bonds. The van der Waals surface area contributed by atoms with Crippen molar-refractivity contribution in [1.29, 1.82) is 0 Å². The predicted molar refractivity (Wildman–Crippen MR) is 160 cm³/mol. The van der Waals surface area contributed by atoms with Crippen molar-refractivity contribution in [3.05, 3.63) is 84.4 Å². The van der Waals surface area contributed by atoms with Crippen LogP contribution in [0.1, 0.15) is 38.2 Å². The van der Waals surface area contributed by atoms with Crippen LogP contribution in [-0.2, 0) is 11.3 Å². The summed E-state index contributed by atoms with van der Waals surface area (Å²) in [6.07, 6.45) is 1.74. The number of benzene rings is 3. The molecule has 0 aliphatic heterocycles. The van der Waals surface area contributed by atoms with Crippen LogP contribution in [0.15, 0.2) is 84.0 Å². The SMILES string of the molecule is CCCn1c(SCCNC(=O)C(CC)c2ccccc2)nc(-c2ccc(OC)cc2)c1-c1ccc(OC)cc1. The van der Waals surface area contributed by atoms with Gasteiger partial charge in [-0.15, -0.1) is 0 Å². The van der Waals surface area contributed by atoms with E-state index in [4.69, 9.17) is 14.5 Å². The van der Waals surface area contributed by atoms with Gasteiger partial charge in [0.1, 0.15) is 11.5 Å². The Balaban J connectivity index is 1.58. The highest BCUT2D eigenvalue weighted by atomic mass is 32.2. The predicted octanol–water partition coefficient (Wildman–Crippen LogP) is 7.05. The number of thioether (sulfide) groups is 1. The Morgan fingerprint density at radius 1 is 0.897 bits per heavy atom. The van der Waals surface area contributed by atoms with Crippen molar-refractivity contribution >= 4 is 17.7 Å². The van der Waals surface area contributed by atoms with E-state index in [1.165, 1.54) is 0 Å². The molecule has 0 saturated heterocycles. The van der Waals surface area contributed by atoms with Gasteiger partial charge in [0.25, 0.3) is 0 Å². The third-order valence-electron chi connectivity index (χ3n) is 6.67. The average molecular weight is 544 g/mol. The maximum absolute atomic E-state index is 12.9. The van der Waals surface area contributed by atoms with Crippen LogP contribution in [-0.4, -0.2) is 42.0 Å². The molecule has 0 spiro atoms. The summed E-state index contributed by atoms with van der Waals surface area (Å²) in [6, 6.07) is 26.1. The first-order chi connectivity index (χ1) is 19.1. The first kappa shape index (κ1) is 28.3. The van der Waals surface area contributed by atoms with E-state index >= 15 is 0 Å². The maximum Gasteiger partial charge on any atom is 0.227 e. The van der Waals surface area contributed by atoms with E-state index in [1.54, 1.807) is 26.0 Å². The summed E-state index contributed by atoms with van der Waals surface area (Å²) in [6.45, 7) is 5.63. The monoisotopic (exact) mass is 543 g/mol. The van der Waals surface area contributed by atoms with Gasteiger partial charge in [0, 0.05) is 30.0 Å². The highest BCUT2D eigenvalue weighted by Crippen LogP contribution is 2.37. The number of ether oxygens (including phenoxy) is 2. The van der Waals surface area contributed by atoms with Crippen molar-refractivity contribution < 1.29 is 14.3 Å². The number of rotatable bonds is 13. The summed E-state index contributed by atoms with van der Waals surface area (Å²) >= 11 is 1.67. The van der Waals surface area contributed by atoms with Gasteiger partial charge in [-0.3, -0.25) is 4.79 Å². The summed E-state index contributed by atoms with van der Waals surface area (Å²) in [7, 11) is 3.35.